The van der Waals surface area contributed by atoms with Crippen LogP contribution >= 0.6 is 24.0 Å². The van der Waals surface area contributed by atoms with Crippen molar-refractivity contribution in [3.8, 4) is 5.69 Å². The summed E-state index contributed by atoms with van der Waals surface area (Å²) in [4.78, 5) is 4.78. The highest BCUT2D eigenvalue weighted by molar-refractivity contribution is 14.0. The summed E-state index contributed by atoms with van der Waals surface area (Å²) in [5.74, 6) is 0.743. The average molecular weight is 533 g/mol. The molecular weight excluding hydrogens is 501 g/mol. The van der Waals surface area contributed by atoms with Crippen molar-refractivity contribution in [3.63, 3.8) is 0 Å². The largest absolute Gasteiger partial charge is 0.396 e. The normalized spacial score (nSPS) is 12.2. The Morgan fingerprint density at radius 3 is 2.42 bits per heavy atom. The van der Waals surface area contributed by atoms with Gasteiger partial charge in [-0.15, -0.1) is 24.0 Å². The van der Waals surface area contributed by atoms with E-state index in [2.05, 4.69) is 40.9 Å². The molecule has 0 aliphatic rings. The summed E-state index contributed by atoms with van der Waals surface area (Å²) in [6.45, 7) is 8.08. The van der Waals surface area contributed by atoms with E-state index in [1.807, 2.05) is 61.0 Å². The van der Waals surface area contributed by atoms with Crippen LogP contribution in [-0.2, 0) is 6.54 Å². The lowest BCUT2D eigenvalue weighted by Gasteiger charge is -2.18. The number of aliphatic hydroxyl groups is 1. The van der Waals surface area contributed by atoms with Crippen LogP contribution in [0.15, 0.2) is 65.7 Å². The van der Waals surface area contributed by atoms with E-state index in [0.717, 1.165) is 40.7 Å². The van der Waals surface area contributed by atoms with E-state index < -0.39 is 0 Å². The fourth-order valence-electron chi connectivity index (χ4n) is 3.46. The third-order valence-corrected chi connectivity index (χ3v) is 4.99. The van der Waals surface area contributed by atoms with Crippen molar-refractivity contribution in [2.45, 2.75) is 33.2 Å². The Balaban J connectivity index is 0.00000341. The number of halogens is 1. The third kappa shape index (κ3) is 6.80. The van der Waals surface area contributed by atoms with E-state index >= 15 is 0 Å². The van der Waals surface area contributed by atoms with E-state index in [9.17, 15) is 5.11 Å². The van der Waals surface area contributed by atoms with Crippen molar-refractivity contribution >= 4 is 29.9 Å². The van der Waals surface area contributed by atoms with E-state index in [4.69, 9.17) is 4.99 Å². The maximum absolute atomic E-state index is 9.81. The van der Waals surface area contributed by atoms with E-state index in [1.54, 1.807) is 0 Å². The van der Waals surface area contributed by atoms with Gasteiger partial charge in [-0.05, 0) is 44.0 Å². The zero-order valence-corrected chi connectivity index (χ0v) is 20.7. The lowest BCUT2D eigenvalue weighted by Crippen LogP contribution is -2.40. The number of aliphatic imine (C=N–C) groups is 1. The molecule has 2 aromatic carbocycles. The highest BCUT2D eigenvalue weighted by atomic mass is 127. The van der Waals surface area contributed by atoms with Gasteiger partial charge < -0.3 is 15.7 Å². The van der Waals surface area contributed by atoms with Gasteiger partial charge in [0.2, 0.25) is 0 Å². The standard InChI is InChI=1S/C24H31N5O.HI/c1-4-25-24(27-16-22(17-30)20-10-6-5-7-11-20)26-15-21-12-8-9-13-23(21)29-19(3)14-18(2)28-29;/h5-14,22,30H,4,15-17H2,1-3H3,(H2,25,26,27);1H. The first-order valence-corrected chi connectivity index (χ1v) is 10.4. The SMILES string of the molecule is CCNC(=NCc1ccccc1-n1nc(C)cc1C)NCC(CO)c1ccccc1.I. The first-order chi connectivity index (χ1) is 14.6. The molecule has 0 radical (unpaired) electrons. The van der Waals surface area contributed by atoms with E-state index in [0.29, 0.717) is 13.1 Å². The summed E-state index contributed by atoms with van der Waals surface area (Å²) < 4.78 is 1.97. The molecule has 0 aliphatic carbocycles. The lowest BCUT2D eigenvalue weighted by atomic mass is 10.0. The van der Waals surface area contributed by atoms with Crippen molar-refractivity contribution in [1.29, 1.82) is 0 Å². The van der Waals surface area contributed by atoms with Crippen LogP contribution in [0.1, 0.15) is 35.4 Å². The first kappa shape index (κ1) is 24.9. The van der Waals surface area contributed by atoms with Gasteiger partial charge in [-0.3, -0.25) is 0 Å². The molecule has 0 aliphatic heterocycles. The Morgan fingerprint density at radius 2 is 1.77 bits per heavy atom. The average Bonchev–Trinajstić information content (AvgIpc) is 3.11. The topological polar surface area (TPSA) is 74.5 Å². The third-order valence-electron chi connectivity index (χ3n) is 4.99. The number of rotatable bonds is 8. The van der Waals surface area contributed by atoms with Crippen molar-refractivity contribution in [3.05, 3.63) is 83.2 Å². The zero-order chi connectivity index (χ0) is 21.3. The smallest absolute Gasteiger partial charge is 0.191 e. The van der Waals surface area contributed by atoms with Crippen molar-refractivity contribution in [1.82, 2.24) is 20.4 Å². The predicted octanol–water partition coefficient (Wildman–Crippen LogP) is 3.94. The van der Waals surface area contributed by atoms with Gasteiger partial charge in [0.1, 0.15) is 0 Å². The Bertz CT molecular complexity index is 971. The number of nitrogens with one attached hydrogen (secondary N) is 2. The first-order valence-electron chi connectivity index (χ1n) is 10.4. The molecule has 0 amide bonds. The number of nitrogens with zero attached hydrogens (tertiary/aromatic N) is 3. The van der Waals surface area contributed by atoms with Gasteiger partial charge in [-0.2, -0.15) is 5.10 Å². The Morgan fingerprint density at radius 1 is 1.06 bits per heavy atom. The van der Waals surface area contributed by atoms with E-state index in [1.165, 1.54) is 0 Å². The van der Waals surface area contributed by atoms with Gasteiger partial charge in [-0.25, -0.2) is 9.67 Å². The number of hydrogen-bond acceptors (Lipinski definition) is 3. The molecule has 166 valence electrons. The molecule has 1 unspecified atom stereocenters. The molecule has 1 heterocycles. The minimum Gasteiger partial charge on any atom is -0.396 e. The van der Waals surface area contributed by atoms with Crippen LogP contribution in [-0.4, -0.2) is 40.5 Å². The second-order valence-electron chi connectivity index (χ2n) is 7.33. The lowest BCUT2D eigenvalue weighted by molar-refractivity contribution is 0.265. The highest BCUT2D eigenvalue weighted by Crippen LogP contribution is 2.18. The zero-order valence-electron chi connectivity index (χ0n) is 18.4. The van der Waals surface area contributed by atoms with Crippen molar-refractivity contribution in [2.24, 2.45) is 4.99 Å². The molecule has 7 heteroatoms. The molecule has 31 heavy (non-hydrogen) atoms. The fourth-order valence-corrected chi connectivity index (χ4v) is 3.46. The molecule has 1 aromatic heterocycles. The summed E-state index contributed by atoms with van der Waals surface area (Å²) in [5.41, 5.74) is 5.35. The number of aryl methyl sites for hydroxylation is 2. The summed E-state index contributed by atoms with van der Waals surface area (Å²) >= 11 is 0. The minimum atomic E-state index is 0. The molecule has 0 saturated heterocycles. The molecule has 3 rings (SSSR count). The van der Waals surface area contributed by atoms with Crippen LogP contribution in [0, 0.1) is 13.8 Å². The number of hydrogen-bond donors (Lipinski definition) is 3. The number of para-hydroxylation sites is 1. The number of aromatic nitrogens is 2. The van der Waals surface area contributed by atoms with Gasteiger partial charge in [-0.1, -0.05) is 48.5 Å². The Hall–Kier alpha value is -2.39. The Labute approximate surface area is 201 Å². The highest BCUT2D eigenvalue weighted by Gasteiger charge is 2.12. The van der Waals surface area contributed by atoms with Crippen LogP contribution in [0.2, 0.25) is 0 Å². The summed E-state index contributed by atoms with van der Waals surface area (Å²) in [6.07, 6.45) is 0. The van der Waals surface area contributed by atoms with Crippen LogP contribution in [0.3, 0.4) is 0 Å². The molecule has 0 bridgehead atoms. The summed E-state index contributed by atoms with van der Waals surface area (Å²) in [5, 5.41) is 21.1. The Kier molecular flexibility index (Phi) is 10.00. The van der Waals surface area contributed by atoms with Gasteiger partial charge in [0, 0.05) is 24.7 Å². The second kappa shape index (κ2) is 12.5. The van der Waals surface area contributed by atoms with Crippen LogP contribution in [0.4, 0.5) is 0 Å². The second-order valence-corrected chi connectivity index (χ2v) is 7.33. The molecule has 0 fully saturated rings. The van der Waals surface area contributed by atoms with Crippen LogP contribution in [0.25, 0.3) is 5.69 Å². The van der Waals surface area contributed by atoms with Crippen molar-refractivity contribution in [2.75, 3.05) is 19.7 Å². The monoisotopic (exact) mass is 533 g/mol. The maximum Gasteiger partial charge on any atom is 0.191 e. The van der Waals surface area contributed by atoms with E-state index in [-0.39, 0.29) is 36.5 Å². The van der Waals surface area contributed by atoms with Gasteiger partial charge in [0.05, 0.1) is 24.5 Å². The fraction of sp³-hybridized carbons (Fsp3) is 0.333. The van der Waals surface area contributed by atoms with Gasteiger partial charge in [0.15, 0.2) is 5.96 Å². The molecule has 0 spiro atoms. The number of guanidine groups is 1. The number of aliphatic hydroxyl groups excluding tert-OH is 1. The van der Waals surface area contributed by atoms with Crippen LogP contribution in [0.5, 0.6) is 0 Å². The molecule has 1 atom stereocenters. The summed E-state index contributed by atoms with van der Waals surface area (Å²) in [6, 6.07) is 20.3. The molecule has 3 aromatic rings. The quantitative estimate of drug-likeness (QED) is 0.233. The summed E-state index contributed by atoms with van der Waals surface area (Å²) in [7, 11) is 0. The molecule has 0 saturated carbocycles. The molecule has 6 nitrogen and oxygen atoms in total. The van der Waals surface area contributed by atoms with Crippen molar-refractivity contribution < 1.29 is 5.11 Å². The molecular formula is C24H32IN5O. The predicted molar refractivity (Wildman–Crippen MR) is 138 cm³/mol. The minimum absolute atomic E-state index is 0. The molecule has 3 N–H and O–H groups in total. The van der Waals surface area contributed by atoms with Gasteiger partial charge >= 0.3 is 0 Å². The van der Waals surface area contributed by atoms with Gasteiger partial charge in [0.25, 0.3) is 0 Å². The number of benzene rings is 2. The maximum atomic E-state index is 9.81. The van der Waals surface area contributed by atoms with Crippen LogP contribution < -0.4 is 10.6 Å².